The minimum absolute atomic E-state index is 0.00524. The van der Waals surface area contributed by atoms with Crippen LogP contribution < -0.4 is 10.2 Å². The van der Waals surface area contributed by atoms with E-state index in [2.05, 4.69) is 15.1 Å². The molecule has 0 aliphatic heterocycles. The van der Waals surface area contributed by atoms with E-state index >= 15 is 0 Å². The van der Waals surface area contributed by atoms with Crippen LogP contribution in [-0.2, 0) is 16.1 Å². The van der Waals surface area contributed by atoms with Crippen molar-refractivity contribution >= 4 is 29.2 Å². The predicted octanol–water partition coefficient (Wildman–Crippen LogP) is 5.35. The summed E-state index contributed by atoms with van der Waals surface area (Å²) in [4.78, 5) is 43.0. The van der Waals surface area contributed by atoms with Crippen molar-refractivity contribution in [2.75, 3.05) is 51.0 Å². The Labute approximate surface area is 246 Å². The fourth-order valence-electron chi connectivity index (χ4n) is 4.87. The summed E-state index contributed by atoms with van der Waals surface area (Å²) in [6, 6.07) is 19.2. The number of aliphatic carboxylic acids is 1. The molecule has 1 saturated carbocycles. The van der Waals surface area contributed by atoms with Gasteiger partial charge in [0.1, 0.15) is 5.82 Å². The largest absolute Gasteiger partial charge is 0.481 e. The highest BCUT2D eigenvalue weighted by Crippen LogP contribution is 2.34. The maximum absolute atomic E-state index is 13.8. The number of carboxylic acid groups (broad SMARTS) is 1. The predicted molar refractivity (Wildman–Crippen MR) is 163 cm³/mol. The molecule has 42 heavy (non-hydrogen) atoms. The van der Waals surface area contributed by atoms with Gasteiger partial charge in [0.25, 0.3) is 5.91 Å². The van der Waals surface area contributed by atoms with Gasteiger partial charge in [-0.15, -0.1) is 0 Å². The lowest BCUT2D eigenvalue weighted by Crippen LogP contribution is -2.33. The zero-order chi connectivity index (χ0) is 30.2. The average molecular weight is 575 g/mol. The summed E-state index contributed by atoms with van der Waals surface area (Å²) >= 11 is 0. The van der Waals surface area contributed by atoms with Gasteiger partial charge >= 0.3 is 5.97 Å². The van der Waals surface area contributed by atoms with Crippen LogP contribution in [0.15, 0.2) is 66.7 Å². The summed E-state index contributed by atoms with van der Waals surface area (Å²) in [5.74, 6) is -1.82. The molecular formula is C33H39FN4O4. The number of hydrogen-bond acceptors (Lipinski definition) is 5. The molecule has 0 spiro atoms. The zero-order valence-electron chi connectivity index (χ0n) is 24.5. The van der Waals surface area contributed by atoms with Crippen molar-refractivity contribution in [2.24, 2.45) is 5.92 Å². The summed E-state index contributed by atoms with van der Waals surface area (Å²) in [6.07, 6.45) is 2.53. The number of nitrogens with zero attached hydrogens (tertiary/aromatic N) is 3. The van der Waals surface area contributed by atoms with Gasteiger partial charge in [-0.2, -0.15) is 0 Å². The van der Waals surface area contributed by atoms with Crippen LogP contribution in [-0.4, -0.2) is 73.5 Å². The van der Waals surface area contributed by atoms with E-state index in [4.69, 9.17) is 0 Å². The third kappa shape index (κ3) is 8.63. The van der Waals surface area contributed by atoms with Crippen LogP contribution in [0.1, 0.15) is 41.6 Å². The van der Waals surface area contributed by atoms with Crippen LogP contribution in [0.4, 0.5) is 15.8 Å². The van der Waals surface area contributed by atoms with E-state index < -0.39 is 17.7 Å². The molecule has 2 N–H and O–H groups in total. The van der Waals surface area contributed by atoms with Crippen molar-refractivity contribution in [3.8, 4) is 11.1 Å². The molecule has 3 aromatic rings. The van der Waals surface area contributed by atoms with E-state index in [-0.39, 0.29) is 30.4 Å². The Morgan fingerprint density at radius 3 is 2.33 bits per heavy atom. The molecular weight excluding hydrogens is 535 g/mol. The van der Waals surface area contributed by atoms with Gasteiger partial charge < -0.3 is 25.1 Å². The Morgan fingerprint density at radius 1 is 0.905 bits per heavy atom. The zero-order valence-corrected chi connectivity index (χ0v) is 24.5. The topological polar surface area (TPSA) is 93.2 Å². The third-order valence-corrected chi connectivity index (χ3v) is 7.31. The van der Waals surface area contributed by atoms with Crippen LogP contribution in [0.2, 0.25) is 0 Å². The second-order valence-corrected chi connectivity index (χ2v) is 11.2. The van der Waals surface area contributed by atoms with Gasteiger partial charge in [-0.25, -0.2) is 4.39 Å². The Hall–Kier alpha value is -4.24. The van der Waals surface area contributed by atoms with Gasteiger partial charge in [-0.1, -0.05) is 30.3 Å². The van der Waals surface area contributed by atoms with Crippen LogP contribution >= 0.6 is 0 Å². The van der Waals surface area contributed by atoms with Crippen molar-refractivity contribution in [2.45, 2.75) is 32.2 Å². The Morgan fingerprint density at radius 2 is 1.64 bits per heavy atom. The van der Waals surface area contributed by atoms with Crippen molar-refractivity contribution in [1.82, 2.24) is 9.80 Å². The van der Waals surface area contributed by atoms with Crippen molar-refractivity contribution in [3.63, 3.8) is 0 Å². The molecule has 3 aromatic carbocycles. The Balaban J connectivity index is 1.61. The molecule has 0 unspecified atom stereocenters. The van der Waals surface area contributed by atoms with E-state index in [1.165, 1.54) is 18.2 Å². The van der Waals surface area contributed by atoms with Crippen molar-refractivity contribution in [1.29, 1.82) is 0 Å². The highest BCUT2D eigenvalue weighted by molar-refractivity contribution is 6.06. The van der Waals surface area contributed by atoms with Crippen molar-refractivity contribution < 1.29 is 23.9 Å². The fraction of sp³-hybridized carbons (Fsp3) is 0.364. The summed E-state index contributed by atoms with van der Waals surface area (Å²) in [5, 5.41) is 12.2. The summed E-state index contributed by atoms with van der Waals surface area (Å²) in [6.45, 7) is 2.19. The number of nitrogens with one attached hydrogen (secondary N) is 1. The first-order chi connectivity index (χ1) is 20.1. The number of rotatable bonds is 14. The second kappa shape index (κ2) is 14.1. The summed E-state index contributed by atoms with van der Waals surface area (Å²) in [7, 11) is 6.04. The number of carbonyl (C=O) groups excluding carboxylic acids is 2. The lowest BCUT2D eigenvalue weighted by Gasteiger charge is -2.24. The first-order valence-electron chi connectivity index (χ1n) is 14.3. The SMILES string of the molecule is CN(C)CCCN(C)c1ccc(-c2cccc(CN(CCC(=O)O)C(=O)C3CC3)c2)cc1NC(=O)c1cccc(F)c1. The van der Waals surface area contributed by atoms with E-state index in [1.54, 1.807) is 11.0 Å². The average Bonchev–Trinajstić information content (AvgIpc) is 3.80. The number of carboxylic acids is 1. The molecule has 0 saturated heterocycles. The number of carbonyl (C=O) groups is 3. The van der Waals surface area contributed by atoms with Crippen LogP contribution in [0.5, 0.6) is 0 Å². The minimum atomic E-state index is -0.933. The molecule has 1 fully saturated rings. The standard InChI is InChI=1S/C33H39FN4O4/c1-36(2)16-6-17-37(3)30-14-13-26(21-29(30)35-32(41)27-9-5-10-28(34)20-27)25-8-4-7-23(19-25)22-38(18-15-31(39)40)33(42)24-11-12-24/h4-5,7-10,13-14,19-21,24H,6,11-12,15-18,22H2,1-3H3,(H,35,41)(H,39,40). The first kappa shape index (κ1) is 30.7. The maximum Gasteiger partial charge on any atom is 0.305 e. The normalized spacial score (nSPS) is 12.7. The lowest BCUT2D eigenvalue weighted by atomic mass is 10.0. The summed E-state index contributed by atoms with van der Waals surface area (Å²) in [5.41, 5.74) is 4.32. The van der Waals surface area contributed by atoms with E-state index in [0.717, 1.165) is 54.7 Å². The molecule has 0 heterocycles. The molecule has 1 aliphatic rings. The molecule has 0 aromatic heterocycles. The molecule has 4 rings (SSSR count). The smallest absolute Gasteiger partial charge is 0.305 e. The Kier molecular flexibility index (Phi) is 10.3. The number of benzene rings is 3. The molecule has 9 heteroatoms. The van der Waals surface area contributed by atoms with Crippen LogP contribution in [0.25, 0.3) is 11.1 Å². The highest BCUT2D eigenvalue weighted by atomic mass is 19.1. The number of anilines is 2. The van der Waals surface area contributed by atoms with E-state index in [9.17, 15) is 23.9 Å². The van der Waals surface area contributed by atoms with Crippen molar-refractivity contribution in [3.05, 3.63) is 83.7 Å². The molecule has 222 valence electrons. The molecule has 1 aliphatic carbocycles. The molecule has 2 amide bonds. The number of amides is 2. The molecule has 0 radical (unpaired) electrons. The minimum Gasteiger partial charge on any atom is -0.481 e. The summed E-state index contributed by atoms with van der Waals surface area (Å²) < 4.78 is 13.8. The van der Waals surface area contributed by atoms with Crippen LogP contribution in [0, 0.1) is 11.7 Å². The van der Waals surface area contributed by atoms with Gasteiger partial charge in [0.05, 0.1) is 17.8 Å². The first-order valence-corrected chi connectivity index (χ1v) is 14.3. The Bertz CT molecular complexity index is 1420. The van der Waals surface area contributed by atoms with E-state index in [0.29, 0.717) is 12.2 Å². The number of halogens is 1. The third-order valence-electron chi connectivity index (χ3n) is 7.31. The monoisotopic (exact) mass is 574 g/mol. The van der Waals surface area contributed by atoms with Gasteiger partial charge in [0.2, 0.25) is 5.91 Å². The quantitative estimate of drug-likeness (QED) is 0.270. The molecule has 0 atom stereocenters. The van der Waals surface area contributed by atoms with Gasteiger partial charge in [0.15, 0.2) is 0 Å². The van der Waals surface area contributed by atoms with Gasteiger partial charge in [-0.05, 0) is 93.0 Å². The van der Waals surface area contributed by atoms with Crippen LogP contribution in [0.3, 0.4) is 0 Å². The lowest BCUT2D eigenvalue weighted by molar-refractivity contribution is -0.139. The highest BCUT2D eigenvalue weighted by Gasteiger charge is 2.33. The maximum atomic E-state index is 13.8. The second-order valence-electron chi connectivity index (χ2n) is 11.2. The fourth-order valence-corrected chi connectivity index (χ4v) is 4.87. The van der Waals surface area contributed by atoms with Gasteiger partial charge in [-0.3, -0.25) is 14.4 Å². The van der Waals surface area contributed by atoms with E-state index in [1.807, 2.05) is 63.6 Å². The molecule has 0 bridgehead atoms. The molecule has 8 nitrogen and oxygen atoms in total. The van der Waals surface area contributed by atoms with Gasteiger partial charge in [0, 0.05) is 38.2 Å². The number of hydrogen-bond donors (Lipinski definition) is 2.